The van der Waals surface area contributed by atoms with Gasteiger partial charge in [0.05, 0.1) is 50.2 Å². The van der Waals surface area contributed by atoms with Gasteiger partial charge in [-0.15, -0.1) is 0 Å². The number of carbonyl (C=O) groups excluding carboxylic acids is 3. The average molecular weight is 725 g/mol. The van der Waals surface area contributed by atoms with Crippen LogP contribution in [0, 0.1) is 5.92 Å². The van der Waals surface area contributed by atoms with Gasteiger partial charge in [0.1, 0.15) is 17.7 Å². The Morgan fingerprint density at radius 1 is 0.868 bits per heavy atom. The van der Waals surface area contributed by atoms with Gasteiger partial charge in [-0.25, -0.2) is 9.78 Å². The summed E-state index contributed by atoms with van der Waals surface area (Å²) in [5.74, 6) is 1.66. The second-order valence-corrected chi connectivity index (χ2v) is 15.5. The van der Waals surface area contributed by atoms with Crippen molar-refractivity contribution >= 4 is 23.7 Å². The molecule has 3 aromatic rings. The van der Waals surface area contributed by atoms with Crippen LogP contribution in [0.1, 0.15) is 90.7 Å². The monoisotopic (exact) mass is 724 g/mol. The number of amides is 3. The first-order valence-corrected chi connectivity index (χ1v) is 19.2. The Morgan fingerprint density at radius 3 is 2.09 bits per heavy atom. The lowest BCUT2D eigenvalue weighted by Gasteiger charge is -2.32. The normalized spacial score (nSPS) is 20.7. The molecule has 3 aliphatic rings. The molecule has 2 saturated heterocycles. The third kappa shape index (κ3) is 8.43. The van der Waals surface area contributed by atoms with Gasteiger partial charge in [0.25, 0.3) is 0 Å². The smallest absolute Gasteiger partial charge is 0.407 e. The van der Waals surface area contributed by atoms with Gasteiger partial charge in [0, 0.05) is 25.2 Å². The molecule has 0 bridgehead atoms. The summed E-state index contributed by atoms with van der Waals surface area (Å²) < 4.78 is 4.77. The fourth-order valence-corrected chi connectivity index (χ4v) is 8.00. The minimum atomic E-state index is -0.657. The number of nitrogens with zero attached hydrogens (tertiary/aromatic N) is 5. The van der Waals surface area contributed by atoms with Gasteiger partial charge in [-0.3, -0.25) is 19.5 Å². The number of aromatic amines is 1. The van der Waals surface area contributed by atoms with Gasteiger partial charge >= 0.3 is 6.09 Å². The number of hydrogen-bond donors (Lipinski definition) is 3. The lowest BCUT2D eigenvalue weighted by Crippen LogP contribution is -2.54. The number of alkyl carbamates (subject to hydrolysis) is 1. The zero-order valence-electron chi connectivity index (χ0n) is 32.3. The van der Waals surface area contributed by atoms with Crippen molar-refractivity contribution in [3.8, 4) is 22.4 Å². The third-order valence-corrected chi connectivity index (χ3v) is 11.0. The molecule has 2 fully saturated rings. The van der Waals surface area contributed by atoms with Gasteiger partial charge in [-0.2, -0.15) is 0 Å². The Morgan fingerprint density at radius 2 is 1.47 bits per heavy atom. The lowest BCUT2D eigenvalue weighted by molar-refractivity contribution is -0.135. The number of imidazole rings is 1. The van der Waals surface area contributed by atoms with Crippen LogP contribution in [0.3, 0.4) is 0 Å². The molecule has 284 valence electrons. The van der Waals surface area contributed by atoms with E-state index in [9.17, 15) is 14.4 Å². The third-order valence-electron chi connectivity index (χ3n) is 11.0. The summed E-state index contributed by atoms with van der Waals surface area (Å²) in [6.07, 6.45) is 4.88. The van der Waals surface area contributed by atoms with Crippen LogP contribution in [0.2, 0.25) is 0 Å². The van der Waals surface area contributed by atoms with E-state index in [0.717, 1.165) is 71.8 Å². The molecular weight excluding hydrogens is 669 g/mol. The van der Waals surface area contributed by atoms with Crippen LogP contribution < -0.4 is 10.6 Å². The highest BCUT2D eigenvalue weighted by atomic mass is 16.5. The molecule has 3 aliphatic heterocycles. The predicted octanol–water partition coefficient (Wildman–Crippen LogP) is 5.94. The zero-order valence-corrected chi connectivity index (χ0v) is 32.3. The Labute approximate surface area is 313 Å². The first-order chi connectivity index (χ1) is 25.4. The second kappa shape index (κ2) is 16.5. The lowest BCUT2D eigenvalue weighted by atomic mass is 9.99. The number of methoxy groups -OCH3 is 1. The molecular formula is C41H56N8O4. The molecule has 6 rings (SSSR count). The van der Waals surface area contributed by atoms with Crippen molar-refractivity contribution in [1.82, 2.24) is 35.3 Å². The van der Waals surface area contributed by atoms with E-state index in [2.05, 4.69) is 96.7 Å². The van der Waals surface area contributed by atoms with E-state index in [1.165, 1.54) is 7.11 Å². The molecule has 2 aromatic carbocycles. The molecule has 3 N–H and O–H groups in total. The number of carbonyl (C=O) groups is 3. The molecule has 2 unspecified atom stereocenters. The SMILES string of the molecule is COC(=O)NC(C(=O)N1CCC[C@H]1C1=NCC(c2ccc(-c3ccc(-c4cnc([C@@H]5CCCN5C(=O)CN(C(C)C)C(C)C)[nH]4)cc3)cc2)N1)C(C)C. The minimum absolute atomic E-state index is 0.0260. The first-order valence-electron chi connectivity index (χ1n) is 19.2. The Balaban J connectivity index is 1.06. The van der Waals surface area contributed by atoms with E-state index in [1.807, 2.05) is 29.8 Å². The summed E-state index contributed by atoms with van der Waals surface area (Å²) >= 11 is 0. The number of nitrogens with one attached hydrogen (secondary N) is 3. The Bertz CT molecular complexity index is 1760. The van der Waals surface area contributed by atoms with E-state index in [-0.39, 0.29) is 35.9 Å². The fraction of sp³-hybridized carbons (Fsp3) is 0.537. The summed E-state index contributed by atoms with van der Waals surface area (Å²) in [7, 11) is 1.30. The number of likely N-dealkylation sites (tertiary alicyclic amines) is 2. The van der Waals surface area contributed by atoms with Crippen LogP contribution in [-0.2, 0) is 14.3 Å². The number of aromatic nitrogens is 2. The number of ether oxygens (including phenoxy) is 1. The summed E-state index contributed by atoms with van der Waals surface area (Å²) in [6, 6.07) is 16.9. The Hall–Kier alpha value is -4.71. The fourth-order valence-electron chi connectivity index (χ4n) is 8.00. The van der Waals surface area contributed by atoms with E-state index in [0.29, 0.717) is 31.7 Å². The van der Waals surface area contributed by atoms with Crippen molar-refractivity contribution in [2.75, 3.05) is 33.3 Å². The molecule has 4 heterocycles. The number of H-pyrrole nitrogens is 1. The van der Waals surface area contributed by atoms with Crippen molar-refractivity contribution in [1.29, 1.82) is 0 Å². The molecule has 4 atom stereocenters. The molecule has 12 heteroatoms. The van der Waals surface area contributed by atoms with Crippen molar-refractivity contribution in [3.05, 3.63) is 66.1 Å². The standard InChI is InChI=1S/C41H56N8O4/c1-25(2)37(46-41(52)53-7)40(51)48-21-9-11-35(48)39-43-23-33(45-39)31-18-14-29(15-19-31)28-12-16-30(17-13-28)32-22-42-38(44-32)34-10-8-20-47(34)36(50)24-49(26(3)4)27(5)6/h12-19,22,25-27,33-35,37H,8-11,20-21,23-24H2,1-7H3,(H,42,44)(H,43,45)(H,46,52)/t33?,34-,35-,37?/m0/s1. The molecule has 0 spiro atoms. The predicted molar refractivity (Wildman–Crippen MR) is 207 cm³/mol. The highest BCUT2D eigenvalue weighted by molar-refractivity contribution is 5.95. The maximum atomic E-state index is 13.5. The van der Waals surface area contributed by atoms with Gasteiger partial charge in [0.15, 0.2) is 0 Å². The average Bonchev–Trinajstić information content (AvgIpc) is 3.98. The summed E-state index contributed by atoms with van der Waals surface area (Å²) in [5, 5.41) is 6.31. The highest BCUT2D eigenvalue weighted by Crippen LogP contribution is 2.33. The van der Waals surface area contributed by atoms with Gasteiger partial charge in [-0.05, 0) is 81.5 Å². The zero-order chi connectivity index (χ0) is 37.8. The summed E-state index contributed by atoms with van der Waals surface area (Å²) in [5.41, 5.74) is 5.36. The van der Waals surface area contributed by atoms with Crippen LogP contribution in [0.25, 0.3) is 22.4 Å². The first kappa shape index (κ1) is 38.0. The van der Waals surface area contributed by atoms with E-state index >= 15 is 0 Å². The van der Waals surface area contributed by atoms with Crippen LogP contribution in [0.4, 0.5) is 4.79 Å². The van der Waals surface area contributed by atoms with Crippen molar-refractivity contribution in [2.24, 2.45) is 10.9 Å². The molecule has 0 saturated carbocycles. The largest absolute Gasteiger partial charge is 0.453 e. The molecule has 1 aromatic heterocycles. The maximum Gasteiger partial charge on any atom is 0.407 e. The summed E-state index contributed by atoms with van der Waals surface area (Å²) in [4.78, 5) is 58.0. The van der Waals surface area contributed by atoms with Crippen molar-refractivity contribution in [3.63, 3.8) is 0 Å². The van der Waals surface area contributed by atoms with E-state index < -0.39 is 12.1 Å². The van der Waals surface area contributed by atoms with E-state index in [1.54, 1.807) is 0 Å². The van der Waals surface area contributed by atoms with Gasteiger partial charge < -0.3 is 30.2 Å². The number of aliphatic imine (C=N–C) groups is 1. The number of rotatable bonds is 12. The van der Waals surface area contributed by atoms with Crippen molar-refractivity contribution < 1.29 is 19.1 Å². The number of benzene rings is 2. The van der Waals surface area contributed by atoms with Crippen LogP contribution in [0.15, 0.2) is 59.7 Å². The molecule has 12 nitrogen and oxygen atoms in total. The van der Waals surface area contributed by atoms with Crippen LogP contribution >= 0.6 is 0 Å². The maximum absolute atomic E-state index is 13.5. The van der Waals surface area contributed by atoms with E-state index in [4.69, 9.17) is 14.7 Å². The summed E-state index contributed by atoms with van der Waals surface area (Å²) in [6.45, 7) is 14.8. The highest BCUT2D eigenvalue weighted by Gasteiger charge is 2.39. The van der Waals surface area contributed by atoms with Gasteiger partial charge in [0.2, 0.25) is 11.8 Å². The molecule has 53 heavy (non-hydrogen) atoms. The van der Waals surface area contributed by atoms with Crippen molar-refractivity contribution in [2.45, 2.75) is 103 Å². The van der Waals surface area contributed by atoms with Crippen LogP contribution in [-0.4, -0.2) is 106 Å². The Kier molecular flexibility index (Phi) is 11.9. The van der Waals surface area contributed by atoms with Gasteiger partial charge in [-0.1, -0.05) is 62.4 Å². The minimum Gasteiger partial charge on any atom is -0.453 e. The molecule has 0 aliphatic carbocycles. The quantitative estimate of drug-likeness (QED) is 0.211. The molecule has 3 amide bonds. The molecule has 0 radical (unpaired) electrons. The topological polar surface area (TPSA) is 135 Å². The second-order valence-electron chi connectivity index (χ2n) is 15.5. The number of hydrogen-bond acceptors (Lipinski definition) is 8. The number of amidine groups is 1. The van der Waals surface area contributed by atoms with Crippen LogP contribution in [0.5, 0.6) is 0 Å².